The number of nitriles is 1. The standard InChI is InChI=1S/C13H13FIN3O5/c1-11(2)21-8-9(22-11)13(6-16,23-12(8,14)5-15)18-4-3-7(19)17-10(18)20/h3-4,8-9H,5H2,1-2H3,(H,17,19,20)/t8-,9+,12+,13+/m0/s1. The molecule has 3 rings (SSSR count). The summed E-state index contributed by atoms with van der Waals surface area (Å²) in [6.07, 6.45) is -1.28. The van der Waals surface area contributed by atoms with E-state index in [9.17, 15) is 14.9 Å². The summed E-state index contributed by atoms with van der Waals surface area (Å²) < 4.78 is 32.4. The Labute approximate surface area is 143 Å². The molecular formula is C13H13FIN3O5. The Hall–Kier alpha value is -1.29. The molecule has 10 heteroatoms. The Balaban J connectivity index is 2.21. The minimum atomic E-state index is -2.32. The fourth-order valence-corrected chi connectivity index (χ4v) is 3.44. The molecular weight excluding hydrogens is 424 g/mol. The number of hydrogen-bond donors (Lipinski definition) is 1. The average Bonchev–Trinajstić information content (AvgIpc) is 2.92. The molecule has 0 unspecified atom stereocenters. The van der Waals surface area contributed by atoms with Gasteiger partial charge in [0, 0.05) is 12.3 Å². The molecule has 0 radical (unpaired) electrons. The molecule has 8 nitrogen and oxygen atoms in total. The van der Waals surface area contributed by atoms with E-state index >= 15 is 4.39 Å². The monoisotopic (exact) mass is 437 g/mol. The van der Waals surface area contributed by atoms with Gasteiger partial charge < -0.3 is 9.47 Å². The SMILES string of the molecule is CC1(C)O[C@@H]2[C@H](O1)[C@@](F)(CI)O[C@@]2(C#N)n1ccc(=O)[nH]c1=O. The van der Waals surface area contributed by atoms with Crippen LogP contribution in [0.2, 0.25) is 0 Å². The van der Waals surface area contributed by atoms with Gasteiger partial charge in [0.1, 0.15) is 6.07 Å². The molecule has 0 saturated carbocycles. The lowest BCUT2D eigenvalue weighted by Crippen LogP contribution is -2.51. The third-order valence-electron chi connectivity index (χ3n) is 3.76. The van der Waals surface area contributed by atoms with Crippen molar-refractivity contribution in [3.63, 3.8) is 0 Å². The molecule has 4 atom stereocenters. The van der Waals surface area contributed by atoms with Gasteiger partial charge in [-0.3, -0.25) is 19.1 Å². The highest BCUT2D eigenvalue weighted by Gasteiger charge is 2.71. The number of H-pyrrole nitrogens is 1. The van der Waals surface area contributed by atoms with Crippen LogP contribution in [0.5, 0.6) is 0 Å². The van der Waals surface area contributed by atoms with E-state index in [1.807, 2.05) is 11.1 Å². The number of aromatic amines is 1. The number of halogens is 2. The van der Waals surface area contributed by atoms with Crippen LogP contribution in [-0.4, -0.2) is 37.8 Å². The summed E-state index contributed by atoms with van der Waals surface area (Å²) in [7, 11) is 0. The minimum absolute atomic E-state index is 0.132. The lowest BCUT2D eigenvalue weighted by molar-refractivity contribution is -0.266. The normalized spacial score (nSPS) is 38.2. The van der Waals surface area contributed by atoms with E-state index in [0.717, 1.165) is 16.8 Å². The predicted octanol–water partition coefficient (Wildman–Crippen LogP) is 0.364. The highest BCUT2D eigenvalue weighted by atomic mass is 127. The maximum absolute atomic E-state index is 15.1. The Morgan fingerprint density at radius 1 is 1.43 bits per heavy atom. The van der Waals surface area contributed by atoms with Gasteiger partial charge in [-0.15, -0.1) is 0 Å². The number of hydrogen-bond acceptors (Lipinski definition) is 6. The molecule has 2 aliphatic rings. The van der Waals surface area contributed by atoms with Crippen LogP contribution >= 0.6 is 22.6 Å². The van der Waals surface area contributed by atoms with Crippen molar-refractivity contribution in [1.29, 1.82) is 5.26 Å². The maximum atomic E-state index is 15.1. The molecule has 2 aliphatic heterocycles. The van der Waals surface area contributed by atoms with Crippen molar-refractivity contribution in [3.05, 3.63) is 33.1 Å². The van der Waals surface area contributed by atoms with Crippen molar-refractivity contribution >= 4 is 22.6 Å². The highest BCUT2D eigenvalue weighted by Crippen LogP contribution is 2.51. The molecule has 1 aromatic heterocycles. The van der Waals surface area contributed by atoms with Crippen molar-refractivity contribution in [2.24, 2.45) is 0 Å². The molecule has 2 saturated heterocycles. The first-order chi connectivity index (χ1) is 10.7. The first-order valence-corrected chi connectivity index (χ1v) is 8.24. The molecule has 0 aliphatic carbocycles. The number of fused-ring (bicyclic) bond motifs is 1. The van der Waals surface area contributed by atoms with Gasteiger partial charge in [-0.25, -0.2) is 9.18 Å². The minimum Gasteiger partial charge on any atom is -0.338 e. The summed E-state index contributed by atoms with van der Waals surface area (Å²) >= 11 is 1.77. The van der Waals surface area contributed by atoms with Gasteiger partial charge >= 0.3 is 5.69 Å². The Kier molecular flexibility index (Phi) is 3.67. The van der Waals surface area contributed by atoms with E-state index in [0.29, 0.717) is 0 Å². The predicted molar refractivity (Wildman–Crippen MR) is 82.5 cm³/mol. The van der Waals surface area contributed by atoms with Gasteiger partial charge in [0.15, 0.2) is 18.0 Å². The van der Waals surface area contributed by atoms with E-state index < -0.39 is 40.8 Å². The van der Waals surface area contributed by atoms with Crippen molar-refractivity contribution in [3.8, 4) is 6.07 Å². The topological polar surface area (TPSA) is 106 Å². The molecule has 1 aromatic rings. The Morgan fingerprint density at radius 3 is 2.65 bits per heavy atom. The van der Waals surface area contributed by atoms with Crippen molar-refractivity contribution in [1.82, 2.24) is 9.55 Å². The molecule has 0 amide bonds. The Morgan fingerprint density at radius 2 is 2.09 bits per heavy atom. The Bertz CT molecular complexity index is 802. The van der Waals surface area contributed by atoms with Crippen LogP contribution in [0.1, 0.15) is 13.8 Å². The molecule has 1 N–H and O–H groups in total. The van der Waals surface area contributed by atoms with Crippen molar-refractivity contribution in [2.75, 3.05) is 4.43 Å². The van der Waals surface area contributed by atoms with Crippen molar-refractivity contribution < 1.29 is 18.6 Å². The van der Waals surface area contributed by atoms with Crippen LogP contribution in [0.4, 0.5) is 4.39 Å². The molecule has 0 aromatic carbocycles. The van der Waals surface area contributed by atoms with Crippen LogP contribution in [0.25, 0.3) is 0 Å². The van der Waals surface area contributed by atoms with Crippen LogP contribution in [0.15, 0.2) is 21.9 Å². The lowest BCUT2D eigenvalue weighted by Gasteiger charge is -2.31. The zero-order valence-corrected chi connectivity index (χ0v) is 14.4. The van der Waals surface area contributed by atoms with Crippen LogP contribution in [-0.2, 0) is 19.9 Å². The van der Waals surface area contributed by atoms with Crippen LogP contribution in [0.3, 0.4) is 0 Å². The first kappa shape index (κ1) is 16.6. The smallest absolute Gasteiger partial charge is 0.331 e. The van der Waals surface area contributed by atoms with Crippen molar-refractivity contribution in [2.45, 2.75) is 43.4 Å². The second-order valence-corrected chi connectivity index (χ2v) is 6.55. The van der Waals surface area contributed by atoms with Gasteiger partial charge in [0.05, 0.1) is 4.43 Å². The van der Waals surface area contributed by atoms with Gasteiger partial charge in [-0.2, -0.15) is 5.26 Å². The number of nitrogens with zero attached hydrogens (tertiary/aromatic N) is 2. The summed E-state index contributed by atoms with van der Waals surface area (Å²) in [5, 5.41) is 9.68. The van der Waals surface area contributed by atoms with E-state index in [2.05, 4.69) is 0 Å². The summed E-state index contributed by atoms with van der Waals surface area (Å²) in [6, 6.07) is 2.87. The largest absolute Gasteiger partial charge is 0.338 e. The van der Waals surface area contributed by atoms with Gasteiger partial charge in [0.2, 0.25) is 5.85 Å². The first-order valence-electron chi connectivity index (χ1n) is 6.72. The number of nitrogens with one attached hydrogen (secondary N) is 1. The molecule has 124 valence electrons. The second kappa shape index (κ2) is 5.10. The fraction of sp³-hybridized carbons (Fsp3) is 0.615. The quantitative estimate of drug-likeness (QED) is 0.530. The van der Waals surface area contributed by atoms with E-state index in [-0.39, 0.29) is 4.43 Å². The lowest BCUT2D eigenvalue weighted by atomic mass is 10.0. The number of rotatable bonds is 2. The highest BCUT2D eigenvalue weighted by molar-refractivity contribution is 14.1. The van der Waals surface area contributed by atoms with Crippen LogP contribution < -0.4 is 11.2 Å². The van der Waals surface area contributed by atoms with E-state index in [1.165, 1.54) is 0 Å². The number of ether oxygens (including phenoxy) is 3. The molecule has 2 fully saturated rings. The average molecular weight is 437 g/mol. The summed E-state index contributed by atoms with van der Waals surface area (Å²) in [6.45, 7) is 3.16. The molecule has 0 spiro atoms. The summed E-state index contributed by atoms with van der Waals surface area (Å²) in [5.74, 6) is -3.46. The van der Waals surface area contributed by atoms with Crippen LogP contribution in [0, 0.1) is 11.3 Å². The van der Waals surface area contributed by atoms with E-state index in [1.54, 1.807) is 36.4 Å². The van der Waals surface area contributed by atoms with Gasteiger partial charge in [-0.05, 0) is 13.8 Å². The second-order valence-electron chi connectivity index (χ2n) is 5.79. The molecule has 3 heterocycles. The zero-order chi connectivity index (χ0) is 17.0. The maximum Gasteiger partial charge on any atom is 0.331 e. The third-order valence-corrected chi connectivity index (χ3v) is 4.80. The third kappa shape index (κ3) is 2.34. The number of alkyl halides is 2. The fourth-order valence-electron chi connectivity index (χ4n) is 2.85. The van der Waals surface area contributed by atoms with Gasteiger partial charge in [0.25, 0.3) is 11.3 Å². The zero-order valence-electron chi connectivity index (χ0n) is 12.2. The summed E-state index contributed by atoms with van der Waals surface area (Å²) in [5.41, 5.74) is -3.62. The number of aromatic nitrogens is 2. The van der Waals surface area contributed by atoms with Gasteiger partial charge in [-0.1, -0.05) is 22.6 Å². The summed E-state index contributed by atoms with van der Waals surface area (Å²) in [4.78, 5) is 25.4. The molecule has 0 bridgehead atoms. The van der Waals surface area contributed by atoms with E-state index in [4.69, 9.17) is 14.2 Å². The molecule has 23 heavy (non-hydrogen) atoms.